The van der Waals surface area contributed by atoms with Crippen LogP contribution in [0.3, 0.4) is 0 Å². The van der Waals surface area contributed by atoms with Crippen molar-refractivity contribution in [2.75, 3.05) is 19.8 Å². The molecule has 0 unspecified atom stereocenters. The SMILES string of the molecule is O=C(O)COC1(c2ccc(OCc3cccc(-c4cc5c(s4)CCCC5)c3)cc2)COC1. The Balaban J connectivity index is 1.24. The van der Waals surface area contributed by atoms with Gasteiger partial charge in [-0.15, -0.1) is 11.3 Å². The van der Waals surface area contributed by atoms with Gasteiger partial charge in [-0.3, -0.25) is 0 Å². The van der Waals surface area contributed by atoms with Gasteiger partial charge in [-0.1, -0.05) is 30.3 Å². The minimum absolute atomic E-state index is 0.342. The fraction of sp³-hybridized carbons (Fsp3) is 0.346. The average molecular weight is 451 g/mol. The van der Waals surface area contributed by atoms with Crippen molar-refractivity contribution in [3.05, 3.63) is 76.2 Å². The lowest BCUT2D eigenvalue weighted by Gasteiger charge is -2.41. The van der Waals surface area contributed by atoms with Gasteiger partial charge >= 0.3 is 5.97 Å². The largest absolute Gasteiger partial charge is 0.489 e. The van der Waals surface area contributed by atoms with Gasteiger partial charge in [0.1, 0.15) is 24.6 Å². The van der Waals surface area contributed by atoms with E-state index in [0.717, 1.165) is 16.9 Å². The van der Waals surface area contributed by atoms with E-state index >= 15 is 0 Å². The molecule has 0 saturated carbocycles. The second kappa shape index (κ2) is 9.06. The van der Waals surface area contributed by atoms with Crippen molar-refractivity contribution < 1.29 is 24.1 Å². The Morgan fingerprint density at radius 3 is 2.59 bits per heavy atom. The zero-order chi connectivity index (χ0) is 22.0. The third-order valence-corrected chi connectivity index (χ3v) is 7.42. The highest BCUT2D eigenvalue weighted by Gasteiger charge is 2.42. The lowest BCUT2D eigenvalue weighted by Crippen LogP contribution is -2.49. The first-order valence-electron chi connectivity index (χ1n) is 11.0. The van der Waals surface area contributed by atoms with Gasteiger partial charge in [-0.25, -0.2) is 4.79 Å². The number of aliphatic carboxylic acids is 1. The summed E-state index contributed by atoms with van der Waals surface area (Å²) in [6.45, 7) is 0.867. The number of carboxylic acid groups (broad SMARTS) is 1. The van der Waals surface area contributed by atoms with Crippen molar-refractivity contribution in [3.63, 3.8) is 0 Å². The molecule has 1 aliphatic heterocycles. The van der Waals surface area contributed by atoms with E-state index in [4.69, 9.17) is 19.3 Å². The number of aryl methyl sites for hydroxylation is 2. The van der Waals surface area contributed by atoms with Gasteiger partial charge in [-0.05, 0) is 72.2 Å². The quantitative estimate of drug-likeness (QED) is 0.511. The van der Waals surface area contributed by atoms with Crippen LogP contribution in [0.4, 0.5) is 0 Å². The highest BCUT2D eigenvalue weighted by atomic mass is 32.1. The lowest BCUT2D eigenvalue weighted by molar-refractivity contribution is -0.220. The van der Waals surface area contributed by atoms with E-state index in [1.807, 2.05) is 35.6 Å². The first-order valence-corrected chi connectivity index (χ1v) is 11.8. The number of carbonyl (C=O) groups is 1. The summed E-state index contributed by atoms with van der Waals surface area (Å²) in [5, 5.41) is 8.92. The van der Waals surface area contributed by atoms with Crippen molar-refractivity contribution in [2.45, 2.75) is 37.9 Å². The maximum atomic E-state index is 10.9. The zero-order valence-corrected chi connectivity index (χ0v) is 18.7. The van der Waals surface area contributed by atoms with Gasteiger partial charge in [-0.2, -0.15) is 0 Å². The number of benzene rings is 2. The van der Waals surface area contributed by atoms with Gasteiger partial charge in [0.15, 0.2) is 0 Å². The molecular formula is C26H26O5S. The van der Waals surface area contributed by atoms with Crippen LogP contribution >= 0.6 is 11.3 Å². The Morgan fingerprint density at radius 1 is 1.06 bits per heavy atom. The summed E-state index contributed by atoms with van der Waals surface area (Å²) in [6, 6.07) is 18.6. The van der Waals surface area contributed by atoms with E-state index in [1.54, 1.807) is 4.88 Å². The van der Waals surface area contributed by atoms with E-state index in [9.17, 15) is 4.79 Å². The third kappa shape index (κ3) is 4.44. The first kappa shape index (κ1) is 21.2. The van der Waals surface area contributed by atoms with Crippen LogP contribution in [0.15, 0.2) is 54.6 Å². The molecule has 0 radical (unpaired) electrons. The van der Waals surface area contributed by atoms with E-state index in [-0.39, 0.29) is 6.61 Å². The van der Waals surface area contributed by atoms with E-state index in [0.29, 0.717) is 19.8 Å². The molecule has 1 saturated heterocycles. The van der Waals surface area contributed by atoms with Gasteiger partial charge in [0.05, 0.1) is 13.2 Å². The highest BCUT2D eigenvalue weighted by molar-refractivity contribution is 7.15. The van der Waals surface area contributed by atoms with Gasteiger partial charge < -0.3 is 19.3 Å². The Kier molecular flexibility index (Phi) is 6.00. The number of rotatable bonds is 8. The summed E-state index contributed by atoms with van der Waals surface area (Å²) < 4.78 is 16.9. The number of hydrogen-bond donors (Lipinski definition) is 1. The minimum Gasteiger partial charge on any atom is -0.489 e. The second-order valence-electron chi connectivity index (χ2n) is 8.45. The molecule has 5 nitrogen and oxygen atoms in total. The monoisotopic (exact) mass is 450 g/mol. The molecule has 2 aliphatic rings. The van der Waals surface area contributed by atoms with Crippen LogP contribution < -0.4 is 4.74 Å². The maximum Gasteiger partial charge on any atom is 0.329 e. The van der Waals surface area contributed by atoms with Gasteiger partial charge in [0, 0.05) is 9.75 Å². The summed E-state index contributed by atoms with van der Waals surface area (Å²) in [4.78, 5) is 13.8. The number of thiophene rings is 1. The molecule has 32 heavy (non-hydrogen) atoms. The molecule has 1 aliphatic carbocycles. The van der Waals surface area contributed by atoms with Crippen LogP contribution in [0.25, 0.3) is 10.4 Å². The molecule has 2 aromatic carbocycles. The Morgan fingerprint density at radius 2 is 1.88 bits per heavy atom. The van der Waals surface area contributed by atoms with Crippen molar-refractivity contribution >= 4 is 17.3 Å². The van der Waals surface area contributed by atoms with Crippen LogP contribution in [-0.2, 0) is 39.3 Å². The molecular weight excluding hydrogens is 424 g/mol. The topological polar surface area (TPSA) is 65.0 Å². The minimum atomic E-state index is -0.985. The smallest absolute Gasteiger partial charge is 0.329 e. The lowest BCUT2D eigenvalue weighted by atomic mass is 9.91. The van der Waals surface area contributed by atoms with Crippen LogP contribution in [0.5, 0.6) is 5.75 Å². The van der Waals surface area contributed by atoms with Gasteiger partial charge in [0.2, 0.25) is 0 Å². The fourth-order valence-electron chi connectivity index (χ4n) is 4.29. The molecule has 6 heteroatoms. The van der Waals surface area contributed by atoms with Gasteiger partial charge in [0.25, 0.3) is 0 Å². The predicted octanol–water partition coefficient (Wildman–Crippen LogP) is 5.20. The predicted molar refractivity (Wildman–Crippen MR) is 123 cm³/mol. The van der Waals surface area contributed by atoms with Crippen molar-refractivity contribution in [3.8, 4) is 16.2 Å². The summed E-state index contributed by atoms with van der Waals surface area (Å²) in [7, 11) is 0. The maximum absolute atomic E-state index is 10.9. The summed E-state index contributed by atoms with van der Waals surface area (Å²) >= 11 is 1.93. The first-order chi connectivity index (χ1) is 15.6. The fourth-order valence-corrected chi connectivity index (χ4v) is 5.54. The molecule has 166 valence electrons. The van der Waals surface area contributed by atoms with Crippen molar-refractivity contribution in [2.24, 2.45) is 0 Å². The van der Waals surface area contributed by atoms with Crippen molar-refractivity contribution in [1.82, 2.24) is 0 Å². The molecule has 1 N–H and O–H groups in total. The zero-order valence-electron chi connectivity index (χ0n) is 17.8. The number of carboxylic acids is 1. The normalized spacial score (nSPS) is 16.8. The van der Waals surface area contributed by atoms with Crippen LogP contribution in [-0.4, -0.2) is 30.9 Å². The second-order valence-corrected chi connectivity index (χ2v) is 9.59. The Labute approximate surface area is 191 Å². The van der Waals surface area contributed by atoms with E-state index < -0.39 is 11.6 Å². The van der Waals surface area contributed by atoms with Crippen LogP contribution in [0.1, 0.15) is 34.4 Å². The molecule has 1 fully saturated rings. The summed E-state index contributed by atoms with van der Waals surface area (Å²) in [6.07, 6.45) is 5.03. The molecule has 0 atom stereocenters. The molecule has 2 heterocycles. The standard InChI is InChI=1S/C26H26O5S/c27-25(28)15-31-26(16-29-17-26)21-8-10-22(11-9-21)30-14-18-4-3-6-19(12-18)24-13-20-5-1-2-7-23(20)32-24/h3-4,6,8-13H,1-2,5,7,14-17H2,(H,27,28). The van der Waals surface area contributed by atoms with Crippen LogP contribution in [0, 0.1) is 0 Å². The number of ether oxygens (including phenoxy) is 3. The molecule has 5 rings (SSSR count). The number of fused-ring (bicyclic) bond motifs is 1. The molecule has 3 aromatic rings. The highest BCUT2D eigenvalue weighted by Crippen LogP contribution is 2.37. The van der Waals surface area contributed by atoms with E-state index in [2.05, 4.69) is 30.3 Å². The summed E-state index contributed by atoms with van der Waals surface area (Å²) in [5.74, 6) is -0.222. The van der Waals surface area contributed by atoms with E-state index in [1.165, 1.54) is 41.7 Å². The summed E-state index contributed by atoms with van der Waals surface area (Å²) in [5.41, 5.74) is 4.14. The molecule has 0 bridgehead atoms. The Hall–Kier alpha value is -2.67. The number of hydrogen-bond acceptors (Lipinski definition) is 5. The molecule has 0 spiro atoms. The molecule has 1 aromatic heterocycles. The van der Waals surface area contributed by atoms with Crippen molar-refractivity contribution in [1.29, 1.82) is 0 Å². The third-order valence-electron chi connectivity index (χ3n) is 6.14. The average Bonchev–Trinajstić information content (AvgIpc) is 3.22. The van der Waals surface area contributed by atoms with Crippen LogP contribution in [0.2, 0.25) is 0 Å². The molecule has 0 amide bonds. The Bertz CT molecular complexity index is 1070.